The van der Waals surface area contributed by atoms with Gasteiger partial charge in [0.15, 0.2) is 0 Å². The number of nitrogens with one attached hydrogen (secondary N) is 2. The second-order valence-electron chi connectivity index (χ2n) is 12.7. The van der Waals surface area contributed by atoms with Gasteiger partial charge in [-0.25, -0.2) is 0 Å². The molecule has 256 valence electrons. The first-order chi connectivity index (χ1) is 23.3. The van der Waals surface area contributed by atoms with Crippen LogP contribution in [0.3, 0.4) is 0 Å². The Bertz CT molecular complexity index is 1770. The third kappa shape index (κ3) is 7.36. The highest BCUT2D eigenvalue weighted by Gasteiger charge is 2.49. The molecule has 1 saturated heterocycles. The molecule has 4 aromatic rings. The highest BCUT2D eigenvalue weighted by atomic mass is 19.4. The van der Waals surface area contributed by atoms with Crippen molar-refractivity contribution >= 4 is 11.8 Å². The zero-order valence-electron chi connectivity index (χ0n) is 26.5. The van der Waals surface area contributed by atoms with Gasteiger partial charge in [0.05, 0.1) is 5.56 Å². The van der Waals surface area contributed by atoms with Crippen molar-refractivity contribution in [1.82, 2.24) is 15.5 Å². The summed E-state index contributed by atoms with van der Waals surface area (Å²) in [5.41, 5.74) is 2.84. The minimum atomic E-state index is -4.53. The minimum absolute atomic E-state index is 0.245. The second kappa shape index (κ2) is 13.7. The first kappa shape index (κ1) is 34.2. The number of nitrogens with zero attached hydrogens (tertiary/aromatic N) is 1. The summed E-state index contributed by atoms with van der Waals surface area (Å²) in [7, 11) is 0. The lowest BCUT2D eigenvalue weighted by Crippen LogP contribution is -2.51. The first-order valence-electron chi connectivity index (χ1n) is 16.2. The molecule has 2 aliphatic rings. The topological polar surface area (TPSA) is 61.4 Å². The summed E-state index contributed by atoms with van der Waals surface area (Å²) in [4.78, 5) is 28.8. The van der Waals surface area contributed by atoms with Gasteiger partial charge in [0, 0.05) is 31.1 Å². The van der Waals surface area contributed by atoms with E-state index in [0.29, 0.717) is 36.1 Å². The minimum Gasteiger partial charge on any atom is -0.352 e. The Morgan fingerprint density at radius 1 is 0.735 bits per heavy atom. The van der Waals surface area contributed by atoms with Crippen LogP contribution in [0.15, 0.2) is 97.1 Å². The molecule has 0 atom stereocenters. The number of carbonyl (C=O) groups excluding carboxylic acids is 2. The summed E-state index contributed by atoms with van der Waals surface area (Å²) in [6.45, 7) is 1.37. The quantitative estimate of drug-likeness (QED) is 0.125. The molecule has 2 N–H and O–H groups in total. The van der Waals surface area contributed by atoms with E-state index >= 15 is 0 Å². The zero-order valence-corrected chi connectivity index (χ0v) is 26.5. The van der Waals surface area contributed by atoms with Crippen LogP contribution in [0.2, 0.25) is 0 Å². The van der Waals surface area contributed by atoms with Crippen LogP contribution >= 0.6 is 0 Å². The fourth-order valence-corrected chi connectivity index (χ4v) is 7.03. The molecule has 1 aliphatic carbocycles. The Morgan fingerprint density at radius 3 is 1.98 bits per heavy atom. The van der Waals surface area contributed by atoms with Crippen LogP contribution in [0.4, 0.5) is 26.3 Å². The largest absolute Gasteiger partial charge is 0.416 e. The maximum absolute atomic E-state index is 13.6. The molecule has 1 fully saturated rings. The number of unbranched alkanes of at least 4 members (excludes halogenated alkanes) is 1. The zero-order chi connectivity index (χ0) is 34.8. The van der Waals surface area contributed by atoms with E-state index in [-0.39, 0.29) is 11.8 Å². The lowest BCUT2D eigenvalue weighted by atomic mass is 9.73. The number of amides is 2. The molecule has 1 heterocycles. The Balaban J connectivity index is 1.01. The third-order valence-corrected chi connectivity index (χ3v) is 9.43. The molecule has 0 saturated carbocycles. The average molecular weight is 680 g/mol. The van der Waals surface area contributed by atoms with Crippen molar-refractivity contribution in [2.75, 3.05) is 32.7 Å². The van der Waals surface area contributed by atoms with Gasteiger partial charge in [-0.1, -0.05) is 79.2 Å². The van der Waals surface area contributed by atoms with Crippen LogP contribution < -0.4 is 10.6 Å². The number of benzene rings is 4. The van der Waals surface area contributed by atoms with E-state index in [1.165, 1.54) is 12.1 Å². The summed E-state index contributed by atoms with van der Waals surface area (Å²) in [5.74, 6) is -0.666. The van der Waals surface area contributed by atoms with E-state index < -0.39 is 35.8 Å². The fourth-order valence-electron chi connectivity index (χ4n) is 7.03. The van der Waals surface area contributed by atoms with Crippen molar-refractivity contribution in [2.45, 2.75) is 37.0 Å². The molecule has 0 aromatic heterocycles. The number of hydrogen-bond donors (Lipinski definition) is 2. The summed E-state index contributed by atoms with van der Waals surface area (Å²) in [5, 5.41) is 5.13. The first-order valence-corrected chi connectivity index (χ1v) is 16.2. The highest BCUT2D eigenvalue weighted by molar-refractivity contribution is 6.00. The van der Waals surface area contributed by atoms with E-state index in [4.69, 9.17) is 0 Å². The van der Waals surface area contributed by atoms with Gasteiger partial charge in [-0.3, -0.25) is 9.59 Å². The van der Waals surface area contributed by atoms with Gasteiger partial charge in [-0.05, 0) is 77.0 Å². The van der Waals surface area contributed by atoms with Crippen LogP contribution in [0, 0.1) is 5.92 Å². The number of likely N-dealkylation sites (tertiary alicyclic amines) is 1. The number of halogens is 6. The van der Waals surface area contributed by atoms with Gasteiger partial charge >= 0.3 is 12.4 Å². The van der Waals surface area contributed by atoms with Crippen LogP contribution in [-0.2, 0) is 16.4 Å². The summed E-state index contributed by atoms with van der Waals surface area (Å²) in [6.07, 6.45) is -7.22. The predicted octanol–water partition coefficient (Wildman–Crippen LogP) is 7.85. The Labute approximate surface area is 280 Å². The summed E-state index contributed by atoms with van der Waals surface area (Å²) < 4.78 is 78.1. The molecule has 0 unspecified atom stereocenters. The smallest absolute Gasteiger partial charge is 0.352 e. The van der Waals surface area contributed by atoms with Crippen molar-refractivity contribution in [3.05, 3.63) is 119 Å². The number of fused-ring (bicyclic) bond motifs is 3. The molecule has 5 nitrogen and oxygen atoms in total. The maximum Gasteiger partial charge on any atom is 0.416 e. The molecule has 0 radical (unpaired) electrons. The number of rotatable bonds is 11. The molecule has 2 amide bonds. The van der Waals surface area contributed by atoms with Crippen molar-refractivity contribution in [2.24, 2.45) is 5.92 Å². The monoisotopic (exact) mass is 679 g/mol. The number of hydrogen-bond acceptors (Lipinski definition) is 3. The normalized spacial score (nSPS) is 15.6. The number of carbonyl (C=O) groups is 2. The maximum atomic E-state index is 13.6. The van der Waals surface area contributed by atoms with Crippen molar-refractivity contribution < 1.29 is 35.9 Å². The van der Waals surface area contributed by atoms with Crippen LogP contribution in [0.25, 0.3) is 22.3 Å². The predicted molar refractivity (Wildman–Crippen MR) is 175 cm³/mol. The van der Waals surface area contributed by atoms with Crippen molar-refractivity contribution in [1.29, 1.82) is 0 Å². The molecular weight excluding hydrogens is 644 g/mol. The average Bonchev–Trinajstić information content (AvgIpc) is 3.35. The molecule has 49 heavy (non-hydrogen) atoms. The molecule has 0 bridgehead atoms. The van der Waals surface area contributed by atoms with Crippen molar-refractivity contribution in [3.63, 3.8) is 0 Å². The van der Waals surface area contributed by atoms with Gasteiger partial charge in [0.25, 0.3) is 5.91 Å². The fraction of sp³-hybridized carbons (Fsp3) is 0.316. The number of alkyl halides is 6. The molecule has 11 heteroatoms. The van der Waals surface area contributed by atoms with E-state index in [0.717, 1.165) is 60.4 Å². The second-order valence-corrected chi connectivity index (χ2v) is 12.7. The van der Waals surface area contributed by atoms with Gasteiger partial charge in [0.2, 0.25) is 5.91 Å². The lowest BCUT2D eigenvalue weighted by Gasteiger charge is -2.39. The van der Waals surface area contributed by atoms with E-state index in [2.05, 4.69) is 15.5 Å². The highest BCUT2D eigenvalue weighted by Crippen LogP contribution is 2.51. The van der Waals surface area contributed by atoms with Crippen molar-refractivity contribution in [3.8, 4) is 22.3 Å². The van der Waals surface area contributed by atoms with Gasteiger partial charge in [0.1, 0.15) is 12.0 Å². The molecular formula is C38H35F6N3O2. The molecule has 0 spiro atoms. The lowest BCUT2D eigenvalue weighted by molar-refractivity contribution is -0.141. The van der Waals surface area contributed by atoms with Gasteiger partial charge in [-0.15, -0.1) is 0 Å². The van der Waals surface area contributed by atoms with E-state index in [1.54, 1.807) is 24.3 Å². The van der Waals surface area contributed by atoms with E-state index in [9.17, 15) is 35.9 Å². The van der Waals surface area contributed by atoms with Gasteiger partial charge in [-0.2, -0.15) is 26.3 Å². The Hall–Kier alpha value is -4.64. The summed E-state index contributed by atoms with van der Waals surface area (Å²) in [6, 6.07) is 26.4. The third-order valence-electron chi connectivity index (χ3n) is 9.43. The summed E-state index contributed by atoms with van der Waals surface area (Å²) >= 11 is 0. The van der Waals surface area contributed by atoms with Crippen LogP contribution in [0.5, 0.6) is 0 Å². The molecule has 4 aromatic carbocycles. The standard InChI is InChI=1S/C38H35F6N3O2/c39-37(40,41)24-46-35(49)36(32-12-3-1-10-30(32)31-11-2-4-13-33(31)36)18-5-6-19-47-22-25(23-47)21-45-34(48)28-9-7-8-27(20-28)26-14-16-29(17-15-26)38(42,43)44/h1-4,7-17,20,25H,5-6,18-19,21-24H2,(H,45,48)(H,46,49). The molecule has 6 rings (SSSR count). The SMILES string of the molecule is O=C(NCC1CN(CCCCC2(C(=O)NCC(F)(F)F)c3ccccc3-c3ccccc32)C1)c1cccc(-c2ccc(C(F)(F)F)cc2)c1. The molecule has 1 aliphatic heterocycles. The van der Waals surface area contributed by atoms with E-state index in [1.807, 2.05) is 48.5 Å². The Morgan fingerprint density at radius 2 is 1.37 bits per heavy atom. The van der Waals surface area contributed by atoms with Crippen LogP contribution in [0.1, 0.15) is 46.3 Å². The van der Waals surface area contributed by atoms with Crippen LogP contribution in [-0.4, -0.2) is 55.6 Å². The van der Waals surface area contributed by atoms with Gasteiger partial charge < -0.3 is 15.5 Å². The Kier molecular flexibility index (Phi) is 9.57.